The monoisotopic (exact) mass is 261 g/mol. The average Bonchev–Trinajstić information content (AvgIpc) is 2.85. The number of rotatable bonds is 9. The molecule has 0 amide bonds. The van der Waals surface area contributed by atoms with Crippen LogP contribution < -0.4 is 10.1 Å². The third kappa shape index (κ3) is 4.54. The third-order valence-electron chi connectivity index (χ3n) is 3.90. The van der Waals surface area contributed by atoms with Gasteiger partial charge < -0.3 is 10.1 Å². The van der Waals surface area contributed by atoms with Crippen molar-refractivity contribution >= 4 is 0 Å². The highest BCUT2D eigenvalue weighted by Crippen LogP contribution is 2.32. The Kier molecular flexibility index (Phi) is 6.22. The van der Waals surface area contributed by atoms with Crippen LogP contribution in [0.4, 0.5) is 0 Å². The van der Waals surface area contributed by atoms with Crippen molar-refractivity contribution in [2.45, 2.75) is 51.4 Å². The molecule has 1 atom stereocenters. The van der Waals surface area contributed by atoms with E-state index in [1.54, 1.807) is 0 Å². The van der Waals surface area contributed by atoms with Crippen LogP contribution in [-0.4, -0.2) is 19.7 Å². The molecule has 0 aliphatic carbocycles. The van der Waals surface area contributed by atoms with Gasteiger partial charge >= 0.3 is 0 Å². The largest absolute Gasteiger partial charge is 0.493 e. The van der Waals surface area contributed by atoms with Crippen LogP contribution in [0.5, 0.6) is 5.75 Å². The summed E-state index contributed by atoms with van der Waals surface area (Å²) in [6, 6.07) is 8.42. The van der Waals surface area contributed by atoms with Gasteiger partial charge in [-0.2, -0.15) is 0 Å². The maximum absolute atomic E-state index is 5.69. The molecule has 0 saturated carbocycles. The minimum atomic E-state index is 0.538. The summed E-state index contributed by atoms with van der Waals surface area (Å²) in [6.45, 7) is 5.29. The molecule has 19 heavy (non-hydrogen) atoms. The summed E-state index contributed by atoms with van der Waals surface area (Å²) in [5, 5.41) is 3.58. The molecule has 106 valence electrons. The Bertz CT molecular complexity index is 364. The molecule has 0 bridgehead atoms. The normalized spacial score (nSPS) is 17.2. The fraction of sp³-hybridized carbons (Fsp3) is 0.647. The van der Waals surface area contributed by atoms with Gasteiger partial charge in [-0.1, -0.05) is 57.2 Å². The van der Waals surface area contributed by atoms with Crippen LogP contribution >= 0.6 is 0 Å². The van der Waals surface area contributed by atoms with Crippen LogP contribution in [0.1, 0.15) is 56.9 Å². The fourth-order valence-electron chi connectivity index (χ4n) is 2.70. The lowest BCUT2D eigenvalue weighted by Crippen LogP contribution is -2.23. The van der Waals surface area contributed by atoms with E-state index >= 15 is 0 Å². The van der Waals surface area contributed by atoms with Crippen LogP contribution in [0.2, 0.25) is 0 Å². The van der Waals surface area contributed by atoms with E-state index < -0.39 is 0 Å². The average molecular weight is 261 g/mol. The number of fused-ring (bicyclic) bond motifs is 1. The van der Waals surface area contributed by atoms with Crippen molar-refractivity contribution < 1.29 is 4.74 Å². The molecule has 1 heterocycles. The summed E-state index contributed by atoms with van der Waals surface area (Å²) in [7, 11) is 0. The molecule has 0 radical (unpaired) electrons. The molecular weight excluding hydrogens is 234 g/mol. The molecule has 1 aromatic rings. The van der Waals surface area contributed by atoms with Crippen molar-refractivity contribution in [2.75, 3.05) is 19.7 Å². The van der Waals surface area contributed by atoms with Crippen molar-refractivity contribution in [3.8, 4) is 5.75 Å². The SMILES string of the molecule is CCCCCCCCNCC1COc2ccccc21. The molecule has 0 saturated heterocycles. The summed E-state index contributed by atoms with van der Waals surface area (Å²) in [5.74, 6) is 1.62. The molecular formula is C17H27NO. The Morgan fingerprint density at radius 2 is 1.89 bits per heavy atom. The van der Waals surface area contributed by atoms with E-state index in [-0.39, 0.29) is 0 Å². The Hall–Kier alpha value is -1.02. The van der Waals surface area contributed by atoms with Gasteiger partial charge in [-0.05, 0) is 19.0 Å². The third-order valence-corrected chi connectivity index (χ3v) is 3.90. The topological polar surface area (TPSA) is 21.3 Å². The highest BCUT2D eigenvalue weighted by Gasteiger charge is 2.22. The number of ether oxygens (including phenoxy) is 1. The molecule has 1 N–H and O–H groups in total. The van der Waals surface area contributed by atoms with E-state index in [0.717, 1.165) is 25.4 Å². The maximum atomic E-state index is 5.69. The highest BCUT2D eigenvalue weighted by molar-refractivity contribution is 5.39. The zero-order chi connectivity index (χ0) is 13.3. The maximum Gasteiger partial charge on any atom is 0.122 e. The van der Waals surface area contributed by atoms with Crippen LogP contribution in [0, 0.1) is 0 Å². The van der Waals surface area contributed by atoms with Crippen molar-refractivity contribution in [1.29, 1.82) is 0 Å². The predicted octanol–water partition coefficient (Wildman–Crippen LogP) is 4.11. The fourth-order valence-corrected chi connectivity index (χ4v) is 2.70. The number of nitrogens with one attached hydrogen (secondary N) is 1. The van der Waals surface area contributed by atoms with Gasteiger partial charge in [-0.3, -0.25) is 0 Å². The van der Waals surface area contributed by atoms with Gasteiger partial charge in [0.15, 0.2) is 0 Å². The molecule has 2 heteroatoms. The van der Waals surface area contributed by atoms with E-state index in [4.69, 9.17) is 4.74 Å². The summed E-state index contributed by atoms with van der Waals surface area (Å²) >= 11 is 0. The zero-order valence-corrected chi connectivity index (χ0v) is 12.2. The van der Waals surface area contributed by atoms with E-state index in [0.29, 0.717) is 5.92 Å². The zero-order valence-electron chi connectivity index (χ0n) is 12.2. The summed E-state index contributed by atoms with van der Waals surface area (Å²) < 4.78 is 5.69. The molecule has 1 aliphatic heterocycles. The van der Waals surface area contributed by atoms with Crippen molar-refractivity contribution in [3.05, 3.63) is 29.8 Å². The van der Waals surface area contributed by atoms with Gasteiger partial charge in [-0.25, -0.2) is 0 Å². The van der Waals surface area contributed by atoms with E-state index in [1.807, 2.05) is 6.07 Å². The summed E-state index contributed by atoms with van der Waals surface area (Å²) in [6.07, 6.45) is 8.19. The van der Waals surface area contributed by atoms with Crippen molar-refractivity contribution in [1.82, 2.24) is 5.32 Å². The van der Waals surface area contributed by atoms with Gasteiger partial charge in [-0.15, -0.1) is 0 Å². The number of benzene rings is 1. The quantitative estimate of drug-likeness (QED) is 0.675. The number of unbranched alkanes of at least 4 members (excludes halogenated alkanes) is 5. The van der Waals surface area contributed by atoms with E-state index in [9.17, 15) is 0 Å². The Labute approximate surface area is 117 Å². The second-order valence-electron chi connectivity index (χ2n) is 5.52. The molecule has 2 nitrogen and oxygen atoms in total. The Balaban J connectivity index is 1.55. The lowest BCUT2D eigenvalue weighted by atomic mass is 10.0. The van der Waals surface area contributed by atoms with Crippen LogP contribution in [0.15, 0.2) is 24.3 Å². The number of para-hydroxylation sites is 1. The molecule has 1 aromatic carbocycles. The first kappa shape index (κ1) is 14.4. The standard InChI is InChI=1S/C17H27NO/c1-2-3-4-5-6-9-12-18-13-15-14-19-17-11-8-7-10-16(15)17/h7-8,10-11,15,18H,2-6,9,12-14H2,1H3. The van der Waals surface area contributed by atoms with E-state index in [1.165, 1.54) is 44.1 Å². The van der Waals surface area contributed by atoms with Crippen LogP contribution in [0.25, 0.3) is 0 Å². The molecule has 1 unspecified atom stereocenters. The lowest BCUT2D eigenvalue weighted by molar-refractivity contribution is 0.326. The van der Waals surface area contributed by atoms with Crippen LogP contribution in [0.3, 0.4) is 0 Å². The molecule has 2 rings (SSSR count). The first-order chi connectivity index (χ1) is 9.42. The van der Waals surface area contributed by atoms with Crippen molar-refractivity contribution in [2.24, 2.45) is 0 Å². The molecule has 0 fully saturated rings. The van der Waals surface area contributed by atoms with Crippen LogP contribution in [-0.2, 0) is 0 Å². The minimum Gasteiger partial charge on any atom is -0.493 e. The lowest BCUT2D eigenvalue weighted by Gasteiger charge is -2.10. The van der Waals surface area contributed by atoms with Gasteiger partial charge in [0.2, 0.25) is 0 Å². The Morgan fingerprint density at radius 1 is 1.11 bits per heavy atom. The number of hydrogen-bond acceptors (Lipinski definition) is 2. The van der Waals surface area contributed by atoms with Gasteiger partial charge in [0.1, 0.15) is 5.75 Å². The van der Waals surface area contributed by atoms with Crippen molar-refractivity contribution in [3.63, 3.8) is 0 Å². The summed E-state index contributed by atoms with van der Waals surface area (Å²) in [5.41, 5.74) is 1.37. The molecule has 0 spiro atoms. The number of hydrogen-bond donors (Lipinski definition) is 1. The van der Waals surface area contributed by atoms with Gasteiger partial charge in [0, 0.05) is 18.0 Å². The van der Waals surface area contributed by atoms with E-state index in [2.05, 4.69) is 30.4 Å². The summed E-state index contributed by atoms with van der Waals surface area (Å²) in [4.78, 5) is 0. The Morgan fingerprint density at radius 3 is 2.79 bits per heavy atom. The van der Waals surface area contributed by atoms with Gasteiger partial charge in [0.05, 0.1) is 6.61 Å². The highest BCUT2D eigenvalue weighted by atomic mass is 16.5. The second-order valence-corrected chi connectivity index (χ2v) is 5.52. The molecule has 0 aromatic heterocycles. The minimum absolute atomic E-state index is 0.538. The first-order valence-corrected chi connectivity index (χ1v) is 7.84. The predicted molar refractivity (Wildman–Crippen MR) is 80.9 cm³/mol. The smallest absolute Gasteiger partial charge is 0.122 e. The second kappa shape index (κ2) is 8.21. The molecule has 1 aliphatic rings. The van der Waals surface area contributed by atoms with Gasteiger partial charge in [0.25, 0.3) is 0 Å². The first-order valence-electron chi connectivity index (χ1n) is 7.84.